The molecule has 1 heterocycles. The zero-order chi connectivity index (χ0) is 16.9. The molecule has 6 heteroatoms. The fraction of sp³-hybridized carbons (Fsp3) is 0.529. The van der Waals surface area contributed by atoms with Crippen LogP contribution in [0.15, 0.2) is 24.3 Å². The molecule has 0 spiro atoms. The highest BCUT2D eigenvalue weighted by molar-refractivity contribution is 5.95. The highest BCUT2D eigenvalue weighted by Gasteiger charge is 2.21. The van der Waals surface area contributed by atoms with Crippen molar-refractivity contribution in [1.82, 2.24) is 5.32 Å². The highest BCUT2D eigenvalue weighted by atomic mass is 16.6. The zero-order valence-electron chi connectivity index (χ0n) is 14.0. The van der Waals surface area contributed by atoms with Crippen molar-refractivity contribution in [3.8, 4) is 0 Å². The molecular formula is C17H25N3O3. The van der Waals surface area contributed by atoms with E-state index in [1.807, 2.05) is 49.9 Å². The Balaban J connectivity index is 1.78. The first-order valence-electron chi connectivity index (χ1n) is 7.96. The van der Waals surface area contributed by atoms with Gasteiger partial charge in [0.1, 0.15) is 5.60 Å². The molecule has 2 N–H and O–H groups in total. The van der Waals surface area contributed by atoms with Gasteiger partial charge in [-0.15, -0.1) is 0 Å². The number of hydrogen-bond donors (Lipinski definition) is 2. The van der Waals surface area contributed by atoms with Crippen molar-refractivity contribution in [2.45, 2.75) is 39.2 Å². The second-order valence-corrected chi connectivity index (χ2v) is 6.55. The van der Waals surface area contributed by atoms with Crippen LogP contribution in [0.25, 0.3) is 0 Å². The average molecular weight is 319 g/mol. The molecule has 0 radical (unpaired) electrons. The minimum absolute atomic E-state index is 0.175. The summed E-state index contributed by atoms with van der Waals surface area (Å²) in [5, 5.41) is 5.93. The lowest BCUT2D eigenvalue weighted by atomic mass is 10.2. The van der Waals surface area contributed by atoms with E-state index in [0.29, 0.717) is 19.5 Å². The Hall–Kier alpha value is -2.24. The second kappa shape index (κ2) is 7.35. The number of nitrogens with zero attached hydrogens (tertiary/aromatic N) is 1. The van der Waals surface area contributed by atoms with E-state index in [1.165, 1.54) is 0 Å². The number of alkyl carbamates (subject to hydrolysis) is 1. The lowest BCUT2D eigenvalue weighted by Gasteiger charge is -2.20. The van der Waals surface area contributed by atoms with E-state index in [4.69, 9.17) is 4.74 Å². The third-order valence-corrected chi connectivity index (χ3v) is 3.35. The molecule has 2 rings (SSSR count). The van der Waals surface area contributed by atoms with Crippen LogP contribution in [0, 0.1) is 0 Å². The van der Waals surface area contributed by atoms with Crippen molar-refractivity contribution in [3.63, 3.8) is 0 Å². The Morgan fingerprint density at radius 3 is 2.74 bits per heavy atom. The van der Waals surface area contributed by atoms with Crippen LogP contribution in [0.5, 0.6) is 0 Å². The number of hydrogen-bond acceptors (Lipinski definition) is 4. The van der Waals surface area contributed by atoms with Gasteiger partial charge in [0, 0.05) is 37.4 Å². The summed E-state index contributed by atoms with van der Waals surface area (Å²) in [5.41, 5.74) is 1.35. The van der Waals surface area contributed by atoms with Gasteiger partial charge in [-0.05, 0) is 45.4 Å². The summed E-state index contributed by atoms with van der Waals surface area (Å²) in [4.78, 5) is 25.1. The van der Waals surface area contributed by atoms with Crippen LogP contribution in [-0.2, 0) is 9.53 Å². The molecule has 1 aromatic carbocycles. The Morgan fingerprint density at radius 2 is 2.09 bits per heavy atom. The zero-order valence-corrected chi connectivity index (χ0v) is 14.0. The van der Waals surface area contributed by atoms with E-state index >= 15 is 0 Å². The molecule has 1 aliphatic rings. The largest absolute Gasteiger partial charge is 0.444 e. The maximum absolute atomic E-state index is 11.8. The Kier molecular flexibility index (Phi) is 5.47. The average Bonchev–Trinajstić information content (AvgIpc) is 2.88. The van der Waals surface area contributed by atoms with Crippen molar-refractivity contribution < 1.29 is 14.3 Å². The quantitative estimate of drug-likeness (QED) is 0.819. The van der Waals surface area contributed by atoms with Gasteiger partial charge >= 0.3 is 6.09 Å². The summed E-state index contributed by atoms with van der Waals surface area (Å²) in [6.07, 6.45) is 1.11. The van der Waals surface area contributed by atoms with Crippen LogP contribution < -0.4 is 15.5 Å². The van der Waals surface area contributed by atoms with E-state index in [-0.39, 0.29) is 5.91 Å². The number of carbonyl (C=O) groups is 2. The monoisotopic (exact) mass is 319 g/mol. The first kappa shape index (κ1) is 17.1. The van der Waals surface area contributed by atoms with E-state index in [1.54, 1.807) is 0 Å². The number of ether oxygens (including phenoxy) is 1. The van der Waals surface area contributed by atoms with Crippen LogP contribution in [0.4, 0.5) is 16.2 Å². The number of nitrogens with one attached hydrogen (secondary N) is 2. The van der Waals surface area contributed by atoms with Gasteiger partial charge in [0.15, 0.2) is 0 Å². The SMILES string of the molecule is CC(C)(C)OC(=O)NCCNc1cccc(N2CCCC2=O)c1. The Morgan fingerprint density at radius 1 is 1.30 bits per heavy atom. The van der Waals surface area contributed by atoms with Crippen LogP contribution in [0.1, 0.15) is 33.6 Å². The highest BCUT2D eigenvalue weighted by Crippen LogP contribution is 2.24. The summed E-state index contributed by atoms with van der Waals surface area (Å²) in [6, 6.07) is 7.76. The number of rotatable bonds is 5. The molecule has 1 aliphatic heterocycles. The normalized spacial score (nSPS) is 14.7. The minimum Gasteiger partial charge on any atom is -0.444 e. The number of carbonyl (C=O) groups excluding carboxylic acids is 2. The molecule has 0 aliphatic carbocycles. The Bertz CT molecular complexity index is 566. The number of amides is 2. The lowest BCUT2D eigenvalue weighted by Crippen LogP contribution is -2.35. The molecule has 1 saturated heterocycles. The fourth-order valence-corrected chi connectivity index (χ4v) is 2.39. The Labute approximate surface area is 137 Å². The van der Waals surface area contributed by atoms with Crippen LogP contribution >= 0.6 is 0 Å². The van der Waals surface area contributed by atoms with Gasteiger partial charge in [-0.25, -0.2) is 4.79 Å². The third kappa shape index (κ3) is 5.47. The predicted molar refractivity (Wildman–Crippen MR) is 90.8 cm³/mol. The van der Waals surface area contributed by atoms with Crippen molar-refractivity contribution in [2.24, 2.45) is 0 Å². The molecular weight excluding hydrogens is 294 g/mol. The van der Waals surface area contributed by atoms with Crippen molar-refractivity contribution in [3.05, 3.63) is 24.3 Å². The van der Waals surface area contributed by atoms with Gasteiger partial charge < -0.3 is 20.3 Å². The van der Waals surface area contributed by atoms with E-state index < -0.39 is 11.7 Å². The molecule has 0 saturated carbocycles. The van der Waals surface area contributed by atoms with Gasteiger partial charge in [0.2, 0.25) is 5.91 Å². The van der Waals surface area contributed by atoms with Gasteiger partial charge in [-0.1, -0.05) is 6.07 Å². The molecule has 0 unspecified atom stereocenters. The molecule has 1 aromatic rings. The summed E-state index contributed by atoms with van der Waals surface area (Å²) in [7, 11) is 0. The third-order valence-electron chi connectivity index (χ3n) is 3.35. The van der Waals surface area contributed by atoms with Crippen LogP contribution in [-0.4, -0.2) is 37.2 Å². The fourth-order valence-electron chi connectivity index (χ4n) is 2.39. The summed E-state index contributed by atoms with van der Waals surface area (Å²) in [5.74, 6) is 0.175. The maximum atomic E-state index is 11.8. The standard InChI is InChI=1S/C17H25N3O3/c1-17(2,3)23-16(22)19-10-9-18-13-6-4-7-14(12-13)20-11-5-8-15(20)21/h4,6-7,12,18H,5,8-11H2,1-3H3,(H,19,22). The molecule has 0 bridgehead atoms. The minimum atomic E-state index is -0.492. The summed E-state index contributed by atoms with van der Waals surface area (Å²) < 4.78 is 5.17. The molecule has 0 aromatic heterocycles. The molecule has 2 amide bonds. The van der Waals surface area contributed by atoms with E-state index in [9.17, 15) is 9.59 Å². The maximum Gasteiger partial charge on any atom is 0.407 e. The first-order chi connectivity index (χ1) is 10.8. The van der Waals surface area contributed by atoms with Gasteiger partial charge in [0.05, 0.1) is 0 Å². The first-order valence-corrected chi connectivity index (χ1v) is 7.96. The van der Waals surface area contributed by atoms with Gasteiger partial charge in [0.25, 0.3) is 0 Å². The van der Waals surface area contributed by atoms with E-state index in [2.05, 4.69) is 10.6 Å². The topological polar surface area (TPSA) is 70.7 Å². The van der Waals surface area contributed by atoms with Gasteiger partial charge in [-0.3, -0.25) is 4.79 Å². The molecule has 126 valence electrons. The molecule has 0 atom stereocenters. The van der Waals surface area contributed by atoms with Crippen LogP contribution in [0.2, 0.25) is 0 Å². The molecule has 1 fully saturated rings. The summed E-state index contributed by atoms with van der Waals surface area (Å²) in [6.45, 7) is 7.31. The summed E-state index contributed by atoms with van der Waals surface area (Å²) >= 11 is 0. The van der Waals surface area contributed by atoms with E-state index in [0.717, 1.165) is 24.3 Å². The number of benzene rings is 1. The molecule has 6 nitrogen and oxygen atoms in total. The molecule has 23 heavy (non-hydrogen) atoms. The van der Waals surface area contributed by atoms with Gasteiger partial charge in [-0.2, -0.15) is 0 Å². The van der Waals surface area contributed by atoms with Crippen molar-refractivity contribution in [1.29, 1.82) is 0 Å². The predicted octanol–water partition coefficient (Wildman–Crippen LogP) is 2.75. The second-order valence-electron chi connectivity index (χ2n) is 6.55. The lowest BCUT2D eigenvalue weighted by molar-refractivity contribution is -0.117. The van der Waals surface area contributed by atoms with Crippen molar-refractivity contribution in [2.75, 3.05) is 29.9 Å². The van der Waals surface area contributed by atoms with Crippen LogP contribution in [0.3, 0.4) is 0 Å². The number of anilines is 2. The van der Waals surface area contributed by atoms with Crippen molar-refractivity contribution >= 4 is 23.4 Å². The smallest absolute Gasteiger partial charge is 0.407 e.